The Morgan fingerprint density at radius 3 is 2.47 bits per heavy atom. The molecule has 0 radical (unpaired) electrons. The van der Waals surface area contributed by atoms with Gasteiger partial charge in [-0.05, 0) is 56.5 Å². The summed E-state index contributed by atoms with van der Waals surface area (Å²) in [5.41, 5.74) is 3.00. The Morgan fingerprint density at radius 2 is 1.83 bits per heavy atom. The quantitative estimate of drug-likeness (QED) is 0.557. The second kappa shape index (κ2) is 11.6. The third kappa shape index (κ3) is 7.06. The summed E-state index contributed by atoms with van der Waals surface area (Å²) in [4.78, 5) is 27.2. The highest BCUT2D eigenvalue weighted by Gasteiger charge is 2.26. The van der Waals surface area contributed by atoms with Gasteiger partial charge in [0.05, 0.1) is 0 Å². The van der Waals surface area contributed by atoms with E-state index in [0.717, 1.165) is 29.5 Å². The van der Waals surface area contributed by atoms with Crippen molar-refractivity contribution in [3.05, 3.63) is 64.2 Å². The van der Waals surface area contributed by atoms with Crippen LogP contribution < -0.4 is 10.1 Å². The maximum Gasteiger partial charge on any atom is 0.261 e. The zero-order valence-corrected chi connectivity index (χ0v) is 19.0. The van der Waals surface area contributed by atoms with Crippen LogP contribution in [0.4, 0.5) is 0 Å². The van der Waals surface area contributed by atoms with Crippen molar-refractivity contribution in [1.82, 2.24) is 10.2 Å². The van der Waals surface area contributed by atoms with Gasteiger partial charge in [0, 0.05) is 18.1 Å². The number of hydrogen-bond acceptors (Lipinski definition) is 3. The van der Waals surface area contributed by atoms with E-state index in [4.69, 9.17) is 16.3 Å². The molecule has 2 aromatic rings. The van der Waals surface area contributed by atoms with Crippen LogP contribution in [-0.2, 0) is 16.1 Å². The molecule has 2 aromatic carbocycles. The van der Waals surface area contributed by atoms with Gasteiger partial charge in [0.15, 0.2) is 6.61 Å². The summed E-state index contributed by atoms with van der Waals surface area (Å²) >= 11 is 5.97. The standard InChI is InChI=1S/C24H31ClN2O3/c1-5-6-13-26-24(29)19(4)27(15-20-8-10-21(25)11-9-20)23(28)16-30-22-12-7-17(2)14-18(22)3/h7-12,14,19H,5-6,13,15-16H2,1-4H3,(H,26,29). The molecule has 0 heterocycles. The zero-order valence-electron chi connectivity index (χ0n) is 18.2. The molecule has 1 unspecified atom stereocenters. The van der Waals surface area contributed by atoms with E-state index >= 15 is 0 Å². The van der Waals surface area contributed by atoms with Crippen LogP contribution in [0.25, 0.3) is 0 Å². The molecule has 1 N–H and O–H groups in total. The van der Waals surface area contributed by atoms with Gasteiger partial charge < -0.3 is 15.0 Å². The maximum atomic E-state index is 13.0. The highest BCUT2D eigenvalue weighted by atomic mass is 35.5. The fourth-order valence-electron chi connectivity index (χ4n) is 3.09. The second-order valence-corrected chi connectivity index (χ2v) is 7.96. The van der Waals surface area contributed by atoms with Crippen molar-refractivity contribution in [2.24, 2.45) is 0 Å². The molecule has 1 atom stereocenters. The van der Waals surface area contributed by atoms with Gasteiger partial charge in [-0.3, -0.25) is 9.59 Å². The van der Waals surface area contributed by atoms with E-state index < -0.39 is 6.04 Å². The Morgan fingerprint density at radius 1 is 1.13 bits per heavy atom. The lowest BCUT2D eigenvalue weighted by Gasteiger charge is -2.29. The minimum Gasteiger partial charge on any atom is -0.483 e. The predicted octanol–water partition coefficient (Wildman–Crippen LogP) is 4.67. The molecule has 0 aliphatic heterocycles. The summed E-state index contributed by atoms with van der Waals surface area (Å²) in [6, 6.07) is 12.5. The number of hydrogen-bond donors (Lipinski definition) is 1. The molecule has 0 bridgehead atoms. The van der Waals surface area contributed by atoms with Gasteiger partial charge in [0.2, 0.25) is 5.91 Å². The Bertz CT molecular complexity index is 852. The molecule has 0 aliphatic rings. The summed E-state index contributed by atoms with van der Waals surface area (Å²) in [7, 11) is 0. The third-order valence-corrected chi connectivity index (χ3v) is 5.20. The third-order valence-electron chi connectivity index (χ3n) is 4.94. The predicted molar refractivity (Wildman–Crippen MR) is 121 cm³/mol. The number of halogens is 1. The van der Waals surface area contributed by atoms with E-state index in [1.807, 2.05) is 44.2 Å². The van der Waals surface area contributed by atoms with Crippen LogP contribution in [0.2, 0.25) is 5.02 Å². The van der Waals surface area contributed by atoms with Crippen LogP contribution >= 0.6 is 11.6 Å². The van der Waals surface area contributed by atoms with E-state index in [9.17, 15) is 9.59 Å². The van der Waals surface area contributed by atoms with Crippen LogP contribution in [0.1, 0.15) is 43.4 Å². The second-order valence-electron chi connectivity index (χ2n) is 7.53. The fraction of sp³-hybridized carbons (Fsp3) is 0.417. The fourth-order valence-corrected chi connectivity index (χ4v) is 3.21. The highest BCUT2D eigenvalue weighted by Crippen LogP contribution is 2.19. The van der Waals surface area contributed by atoms with Crippen molar-refractivity contribution in [2.45, 2.75) is 53.1 Å². The lowest BCUT2D eigenvalue weighted by molar-refractivity contribution is -0.142. The first-order valence-electron chi connectivity index (χ1n) is 10.3. The molecule has 2 rings (SSSR count). The van der Waals surface area contributed by atoms with Gasteiger partial charge >= 0.3 is 0 Å². The average Bonchev–Trinajstić information content (AvgIpc) is 2.72. The van der Waals surface area contributed by atoms with E-state index in [-0.39, 0.29) is 18.4 Å². The summed E-state index contributed by atoms with van der Waals surface area (Å²) in [6.45, 7) is 8.53. The van der Waals surface area contributed by atoms with Crippen LogP contribution in [0.3, 0.4) is 0 Å². The number of benzene rings is 2. The molecule has 0 fully saturated rings. The smallest absolute Gasteiger partial charge is 0.261 e. The largest absolute Gasteiger partial charge is 0.483 e. The molecule has 0 saturated carbocycles. The van der Waals surface area contributed by atoms with Crippen molar-refractivity contribution >= 4 is 23.4 Å². The summed E-state index contributed by atoms with van der Waals surface area (Å²) in [6.07, 6.45) is 1.89. The first kappa shape index (κ1) is 23.7. The van der Waals surface area contributed by atoms with Crippen molar-refractivity contribution in [1.29, 1.82) is 0 Å². The van der Waals surface area contributed by atoms with Crippen molar-refractivity contribution in [3.63, 3.8) is 0 Å². The molecule has 0 spiro atoms. The summed E-state index contributed by atoms with van der Waals surface area (Å²) < 4.78 is 5.78. The van der Waals surface area contributed by atoms with E-state index in [2.05, 4.69) is 12.2 Å². The molecule has 0 aliphatic carbocycles. The SMILES string of the molecule is CCCCNC(=O)C(C)N(Cc1ccc(Cl)cc1)C(=O)COc1ccc(C)cc1C. The summed E-state index contributed by atoms with van der Waals surface area (Å²) in [5.74, 6) is 0.251. The number of aryl methyl sites for hydroxylation is 2. The maximum absolute atomic E-state index is 13.0. The molecule has 0 aromatic heterocycles. The van der Waals surface area contributed by atoms with Crippen molar-refractivity contribution in [2.75, 3.05) is 13.2 Å². The number of unbranched alkanes of at least 4 members (excludes halogenated alkanes) is 1. The zero-order chi connectivity index (χ0) is 22.1. The van der Waals surface area contributed by atoms with Gasteiger partial charge in [-0.2, -0.15) is 0 Å². The first-order chi connectivity index (χ1) is 14.3. The van der Waals surface area contributed by atoms with Crippen LogP contribution in [0.15, 0.2) is 42.5 Å². The number of nitrogens with one attached hydrogen (secondary N) is 1. The van der Waals surface area contributed by atoms with Crippen LogP contribution in [-0.4, -0.2) is 35.9 Å². The Labute approximate surface area is 184 Å². The first-order valence-corrected chi connectivity index (χ1v) is 10.7. The number of amides is 2. The number of rotatable bonds is 10. The van der Waals surface area contributed by atoms with E-state index in [1.165, 1.54) is 0 Å². The number of carbonyl (C=O) groups is 2. The Balaban J connectivity index is 2.12. The minimum atomic E-state index is -0.618. The molecule has 162 valence electrons. The lowest BCUT2D eigenvalue weighted by Crippen LogP contribution is -2.49. The normalized spacial score (nSPS) is 11.6. The van der Waals surface area contributed by atoms with Gasteiger partial charge in [-0.25, -0.2) is 0 Å². The average molecular weight is 431 g/mol. The molecule has 2 amide bonds. The molecular formula is C24H31ClN2O3. The highest BCUT2D eigenvalue weighted by molar-refractivity contribution is 6.30. The Kier molecular flexibility index (Phi) is 9.18. The molecule has 30 heavy (non-hydrogen) atoms. The molecule has 6 heteroatoms. The molecule has 5 nitrogen and oxygen atoms in total. The topological polar surface area (TPSA) is 58.6 Å². The van der Waals surface area contributed by atoms with Crippen LogP contribution in [0, 0.1) is 13.8 Å². The van der Waals surface area contributed by atoms with Crippen molar-refractivity contribution < 1.29 is 14.3 Å². The van der Waals surface area contributed by atoms with Crippen molar-refractivity contribution in [3.8, 4) is 5.75 Å². The van der Waals surface area contributed by atoms with E-state index in [1.54, 1.807) is 24.0 Å². The number of nitrogens with zero attached hydrogens (tertiary/aromatic N) is 1. The number of carbonyl (C=O) groups excluding carboxylic acids is 2. The van der Waals surface area contributed by atoms with Gasteiger partial charge in [0.25, 0.3) is 5.91 Å². The van der Waals surface area contributed by atoms with Gasteiger partial charge in [0.1, 0.15) is 11.8 Å². The van der Waals surface area contributed by atoms with Crippen LogP contribution in [0.5, 0.6) is 5.75 Å². The van der Waals surface area contributed by atoms with E-state index in [0.29, 0.717) is 23.9 Å². The molecular weight excluding hydrogens is 400 g/mol. The monoisotopic (exact) mass is 430 g/mol. The minimum absolute atomic E-state index is 0.135. The molecule has 0 saturated heterocycles. The Hall–Kier alpha value is -2.53. The number of ether oxygens (including phenoxy) is 1. The van der Waals surface area contributed by atoms with Gasteiger partial charge in [-0.15, -0.1) is 0 Å². The summed E-state index contributed by atoms with van der Waals surface area (Å²) in [5, 5.41) is 3.53. The van der Waals surface area contributed by atoms with Gasteiger partial charge in [-0.1, -0.05) is 54.8 Å². The lowest BCUT2D eigenvalue weighted by atomic mass is 10.1.